The predicted octanol–water partition coefficient (Wildman–Crippen LogP) is 1.78. The first kappa shape index (κ1) is 15.2. The summed E-state index contributed by atoms with van der Waals surface area (Å²) in [5, 5.41) is 0. The van der Waals surface area contributed by atoms with Gasteiger partial charge in [-0.15, -0.1) is 0 Å². The molecule has 0 aliphatic carbocycles. The molecule has 1 saturated heterocycles. The number of hydrogen-bond donors (Lipinski definition) is 1. The maximum atomic E-state index is 11.8. The molecule has 1 heterocycles. The fourth-order valence-corrected chi connectivity index (χ4v) is 1.88. The number of hydrogen-bond acceptors (Lipinski definition) is 4. The highest BCUT2D eigenvalue weighted by Gasteiger charge is 2.35. The van der Waals surface area contributed by atoms with Crippen LogP contribution in [0.3, 0.4) is 0 Å². The van der Waals surface area contributed by atoms with Gasteiger partial charge in [0.05, 0.1) is 13.1 Å². The number of rotatable bonds is 3. The molecule has 0 unspecified atom stereocenters. The van der Waals surface area contributed by atoms with Crippen LogP contribution in [0.4, 0.5) is 4.79 Å². The standard InChI is InChI=1S/C15H20N2O4/c1-15(2,3)21-14(19)17-8-12(9-17)20-11-6-4-10(5-7-11)13(16)18/h4-7,12H,8-9H2,1-3H3,(H2,16,18). The van der Waals surface area contributed by atoms with Crippen molar-refractivity contribution in [2.75, 3.05) is 13.1 Å². The van der Waals surface area contributed by atoms with Crippen LogP contribution >= 0.6 is 0 Å². The average Bonchev–Trinajstić information content (AvgIpc) is 2.31. The molecule has 2 N–H and O–H groups in total. The molecule has 1 aliphatic rings. The molecule has 0 aromatic heterocycles. The van der Waals surface area contributed by atoms with Gasteiger partial charge in [-0.2, -0.15) is 0 Å². The van der Waals surface area contributed by atoms with Crippen molar-refractivity contribution in [1.29, 1.82) is 0 Å². The van der Waals surface area contributed by atoms with Gasteiger partial charge in [-0.1, -0.05) is 0 Å². The first-order chi connectivity index (χ1) is 9.74. The van der Waals surface area contributed by atoms with Gasteiger partial charge in [0.15, 0.2) is 0 Å². The van der Waals surface area contributed by atoms with Gasteiger partial charge in [0, 0.05) is 5.56 Å². The Labute approximate surface area is 123 Å². The second kappa shape index (κ2) is 5.63. The molecule has 114 valence electrons. The lowest BCUT2D eigenvalue weighted by Crippen LogP contribution is -2.57. The minimum atomic E-state index is -0.492. The number of primary amides is 1. The summed E-state index contributed by atoms with van der Waals surface area (Å²) in [6.45, 7) is 6.48. The Morgan fingerprint density at radius 1 is 1.19 bits per heavy atom. The number of carbonyl (C=O) groups excluding carboxylic acids is 2. The zero-order chi connectivity index (χ0) is 15.6. The molecular formula is C15H20N2O4. The van der Waals surface area contributed by atoms with Gasteiger partial charge in [-0.25, -0.2) is 4.79 Å². The van der Waals surface area contributed by atoms with Crippen LogP contribution in [0.15, 0.2) is 24.3 Å². The lowest BCUT2D eigenvalue weighted by molar-refractivity contribution is -0.0221. The van der Waals surface area contributed by atoms with E-state index in [0.717, 1.165) is 0 Å². The van der Waals surface area contributed by atoms with E-state index in [-0.39, 0.29) is 12.2 Å². The van der Waals surface area contributed by atoms with E-state index in [1.807, 2.05) is 20.8 Å². The smallest absolute Gasteiger partial charge is 0.410 e. The molecule has 6 heteroatoms. The van der Waals surface area contributed by atoms with Crippen LogP contribution in [0.5, 0.6) is 5.75 Å². The summed E-state index contributed by atoms with van der Waals surface area (Å²) in [5.41, 5.74) is 5.11. The summed E-state index contributed by atoms with van der Waals surface area (Å²) in [5.74, 6) is 0.176. The van der Waals surface area contributed by atoms with Crippen molar-refractivity contribution < 1.29 is 19.1 Å². The molecule has 0 saturated carbocycles. The van der Waals surface area contributed by atoms with Crippen molar-refractivity contribution >= 4 is 12.0 Å². The fourth-order valence-electron chi connectivity index (χ4n) is 1.88. The van der Waals surface area contributed by atoms with E-state index >= 15 is 0 Å². The third-order valence-corrected chi connectivity index (χ3v) is 2.94. The van der Waals surface area contributed by atoms with Gasteiger partial charge < -0.3 is 20.1 Å². The van der Waals surface area contributed by atoms with Crippen LogP contribution in [0.1, 0.15) is 31.1 Å². The Hall–Kier alpha value is -2.24. The highest BCUT2D eigenvalue weighted by atomic mass is 16.6. The Kier molecular flexibility index (Phi) is 4.06. The molecule has 0 spiro atoms. The molecule has 0 atom stereocenters. The summed E-state index contributed by atoms with van der Waals surface area (Å²) in [6.07, 6.45) is -0.386. The third kappa shape index (κ3) is 4.11. The van der Waals surface area contributed by atoms with Crippen LogP contribution in [0.25, 0.3) is 0 Å². The first-order valence-corrected chi connectivity index (χ1v) is 6.79. The van der Waals surface area contributed by atoms with Crippen molar-refractivity contribution in [3.63, 3.8) is 0 Å². The zero-order valence-electron chi connectivity index (χ0n) is 12.5. The number of nitrogens with zero attached hydrogens (tertiary/aromatic N) is 1. The summed E-state index contributed by atoms with van der Waals surface area (Å²) in [4.78, 5) is 24.3. The number of ether oxygens (including phenoxy) is 2. The van der Waals surface area contributed by atoms with Crippen LogP contribution in [0, 0.1) is 0 Å². The molecule has 1 fully saturated rings. The topological polar surface area (TPSA) is 81.9 Å². The van der Waals surface area contributed by atoms with Crippen molar-refractivity contribution in [2.45, 2.75) is 32.5 Å². The number of amides is 2. The monoisotopic (exact) mass is 292 g/mol. The number of likely N-dealkylation sites (tertiary alicyclic amines) is 1. The molecule has 0 radical (unpaired) electrons. The summed E-state index contributed by atoms with van der Waals surface area (Å²) in [7, 11) is 0. The maximum absolute atomic E-state index is 11.8. The molecule has 1 aromatic rings. The summed E-state index contributed by atoms with van der Waals surface area (Å²) < 4.78 is 11.0. The lowest BCUT2D eigenvalue weighted by atomic mass is 10.1. The van der Waals surface area contributed by atoms with Crippen LogP contribution < -0.4 is 10.5 Å². The molecule has 0 bridgehead atoms. The van der Waals surface area contributed by atoms with E-state index in [2.05, 4.69) is 0 Å². The predicted molar refractivity (Wildman–Crippen MR) is 77.2 cm³/mol. The van der Waals surface area contributed by atoms with Crippen LogP contribution in [0.2, 0.25) is 0 Å². The minimum Gasteiger partial charge on any atom is -0.487 e. The Morgan fingerprint density at radius 3 is 2.24 bits per heavy atom. The van der Waals surface area contributed by atoms with Crippen LogP contribution in [-0.4, -0.2) is 41.7 Å². The van der Waals surface area contributed by atoms with Crippen molar-refractivity contribution in [3.05, 3.63) is 29.8 Å². The molecule has 1 aliphatic heterocycles. The van der Waals surface area contributed by atoms with E-state index in [4.69, 9.17) is 15.2 Å². The number of benzene rings is 1. The highest BCUT2D eigenvalue weighted by Crippen LogP contribution is 2.20. The summed E-state index contributed by atoms with van der Waals surface area (Å²) in [6, 6.07) is 6.61. The third-order valence-electron chi connectivity index (χ3n) is 2.94. The fraction of sp³-hybridized carbons (Fsp3) is 0.467. The second-order valence-corrected chi connectivity index (χ2v) is 6.01. The molecule has 1 aromatic carbocycles. The molecule has 2 amide bonds. The maximum Gasteiger partial charge on any atom is 0.410 e. The van der Waals surface area contributed by atoms with E-state index < -0.39 is 11.5 Å². The Bertz CT molecular complexity index is 528. The van der Waals surface area contributed by atoms with Crippen molar-refractivity contribution in [3.8, 4) is 5.75 Å². The van der Waals surface area contributed by atoms with Crippen molar-refractivity contribution in [2.24, 2.45) is 5.73 Å². The van der Waals surface area contributed by atoms with Gasteiger partial charge in [-0.05, 0) is 45.0 Å². The van der Waals surface area contributed by atoms with E-state index in [0.29, 0.717) is 24.4 Å². The van der Waals surface area contributed by atoms with Gasteiger partial charge in [0.2, 0.25) is 5.91 Å². The minimum absolute atomic E-state index is 0.0584. The van der Waals surface area contributed by atoms with Gasteiger partial charge in [-0.3, -0.25) is 4.79 Å². The number of carbonyl (C=O) groups is 2. The molecule has 2 rings (SSSR count). The Morgan fingerprint density at radius 2 is 1.76 bits per heavy atom. The largest absolute Gasteiger partial charge is 0.487 e. The van der Waals surface area contributed by atoms with Gasteiger partial charge >= 0.3 is 6.09 Å². The highest BCUT2D eigenvalue weighted by molar-refractivity contribution is 5.92. The van der Waals surface area contributed by atoms with E-state index in [1.54, 1.807) is 29.2 Å². The average molecular weight is 292 g/mol. The summed E-state index contributed by atoms with van der Waals surface area (Å²) >= 11 is 0. The van der Waals surface area contributed by atoms with Gasteiger partial charge in [0.25, 0.3) is 0 Å². The quantitative estimate of drug-likeness (QED) is 0.920. The van der Waals surface area contributed by atoms with Crippen molar-refractivity contribution in [1.82, 2.24) is 4.90 Å². The van der Waals surface area contributed by atoms with E-state index in [1.165, 1.54) is 0 Å². The SMILES string of the molecule is CC(C)(C)OC(=O)N1CC(Oc2ccc(C(N)=O)cc2)C1. The second-order valence-electron chi connectivity index (χ2n) is 6.01. The van der Waals surface area contributed by atoms with Crippen LogP contribution in [-0.2, 0) is 4.74 Å². The first-order valence-electron chi connectivity index (χ1n) is 6.79. The van der Waals surface area contributed by atoms with E-state index in [9.17, 15) is 9.59 Å². The Balaban J connectivity index is 1.80. The molecule has 21 heavy (non-hydrogen) atoms. The normalized spacial score (nSPS) is 15.3. The lowest BCUT2D eigenvalue weighted by Gasteiger charge is -2.39. The zero-order valence-corrected chi connectivity index (χ0v) is 12.5. The van der Waals surface area contributed by atoms with Gasteiger partial charge in [0.1, 0.15) is 17.5 Å². The molecule has 6 nitrogen and oxygen atoms in total. The molecular weight excluding hydrogens is 272 g/mol. The number of nitrogens with two attached hydrogens (primary N) is 1.